The van der Waals surface area contributed by atoms with E-state index in [4.69, 9.17) is 9.47 Å². The quantitative estimate of drug-likeness (QED) is 0.657. The SMILES string of the molecule is CCOC(=O)CC(C(=O)OCC)C1(C2CCCCC2)CCCC1. The fourth-order valence-corrected chi connectivity index (χ4v) is 4.90. The number of carbonyl (C=O) groups excluding carboxylic acids is 2. The summed E-state index contributed by atoms with van der Waals surface area (Å²) in [5, 5.41) is 0. The van der Waals surface area contributed by atoms with Gasteiger partial charge in [0.15, 0.2) is 0 Å². The van der Waals surface area contributed by atoms with Crippen LogP contribution in [0, 0.1) is 17.3 Å². The average molecular weight is 324 g/mol. The molecule has 0 aromatic heterocycles. The molecule has 2 aliphatic rings. The second-order valence-electron chi connectivity index (χ2n) is 7.09. The monoisotopic (exact) mass is 324 g/mol. The number of ether oxygens (including phenoxy) is 2. The lowest BCUT2D eigenvalue weighted by Crippen LogP contribution is -2.43. The predicted molar refractivity (Wildman–Crippen MR) is 88.8 cm³/mol. The van der Waals surface area contributed by atoms with Crippen LogP contribution in [0.3, 0.4) is 0 Å². The third-order valence-corrected chi connectivity index (χ3v) is 5.89. The molecule has 2 fully saturated rings. The molecule has 132 valence electrons. The fourth-order valence-electron chi connectivity index (χ4n) is 4.90. The molecular formula is C19H32O4. The van der Waals surface area contributed by atoms with Crippen LogP contribution in [0.4, 0.5) is 0 Å². The maximum atomic E-state index is 12.7. The van der Waals surface area contributed by atoms with Gasteiger partial charge < -0.3 is 9.47 Å². The van der Waals surface area contributed by atoms with Crippen molar-refractivity contribution < 1.29 is 19.1 Å². The zero-order chi connectivity index (χ0) is 16.7. The first-order valence-corrected chi connectivity index (χ1v) is 9.46. The van der Waals surface area contributed by atoms with Gasteiger partial charge in [0.1, 0.15) is 0 Å². The predicted octanol–water partition coefficient (Wildman–Crippen LogP) is 4.26. The van der Waals surface area contributed by atoms with Crippen molar-refractivity contribution in [2.45, 2.75) is 78.1 Å². The van der Waals surface area contributed by atoms with Crippen molar-refractivity contribution >= 4 is 11.9 Å². The van der Waals surface area contributed by atoms with Gasteiger partial charge in [-0.25, -0.2) is 0 Å². The van der Waals surface area contributed by atoms with E-state index < -0.39 is 0 Å². The molecule has 0 aliphatic heterocycles. The smallest absolute Gasteiger partial charge is 0.310 e. The number of hydrogen-bond donors (Lipinski definition) is 0. The molecular weight excluding hydrogens is 292 g/mol. The Morgan fingerprint density at radius 2 is 1.57 bits per heavy atom. The highest BCUT2D eigenvalue weighted by atomic mass is 16.5. The Bertz CT molecular complexity index is 392. The Morgan fingerprint density at radius 3 is 2.13 bits per heavy atom. The summed E-state index contributed by atoms with van der Waals surface area (Å²) in [6, 6.07) is 0. The van der Waals surface area contributed by atoms with Crippen molar-refractivity contribution in [3.63, 3.8) is 0 Å². The van der Waals surface area contributed by atoms with E-state index in [2.05, 4.69) is 0 Å². The van der Waals surface area contributed by atoms with E-state index in [0.717, 1.165) is 25.7 Å². The molecule has 4 nitrogen and oxygen atoms in total. The number of esters is 2. The molecule has 2 saturated carbocycles. The molecule has 2 rings (SSSR count). The van der Waals surface area contributed by atoms with Crippen LogP contribution in [0.5, 0.6) is 0 Å². The maximum absolute atomic E-state index is 12.7. The molecule has 0 aromatic rings. The first kappa shape index (κ1) is 18.3. The lowest BCUT2D eigenvalue weighted by molar-refractivity contribution is -0.162. The minimum Gasteiger partial charge on any atom is -0.466 e. The lowest BCUT2D eigenvalue weighted by Gasteiger charge is -2.44. The van der Waals surface area contributed by atoms with Gasteiger partial charge in [-0.05, 0) is 50.9 Å². The number of carbonyl (C=O) groups is 2. The van der Waals surface area contributed by atoms with Crippen molar-refractivity contribution in [3.05, 3.63) is 0 Å². The van der Waals surface area contributed by atoms with Crippen LogP contribution in [0.1, 0.15) is 78.1 Å². The second-order valence-corrected chi connectivity index (χ2v) is 7.09. The summed E-state index contributed by atoms with van der Waals surface area (Å²) in [4.78, 5) is 24.8. The zero-order valence-electron chi connectivity index (χ0n) is 14.8. The summed E-state index contributed by atoms with van der Waals surface area (Å²) >= 11 is 0. The van der Waals surface area contributed by atoms with Crippen LogP contribution < -0.4 is 0 Å². The lowest BCUT2D eigenvalue weighted by atomic mass is 9.60. The van der Waals surface area contributed by atoms with Crippen LogP contribution in [0.25, 0.3) is 0 Å². The molecule has 0 amide bonds. The molecule has 0 saturated heterocycles. The fraction of sp³-hybridized carbons (Fsp3) is 0.895. The average Bonchev–Trinajstić information content (AvgIpc) is 3.04. The molecule has 1 unspecified atom stereocenters. The highest BCUT2D eigenvalue weighted by molar-refractivity contribution is 5.80. The highest BCUT2D eigenvalue weighted by Crippen LogP contribution is 2.55. The molecule has 2 aliphatic carbocycles. The van der Waals surface area contributed by atoms with Crippen molar-refractivity contribution in [1.29, 1.82) is 0 Å². The van der Waals surface area contributed by atoms with E-state index in [9.17, 15) is 9.59 Å². The van der Waals surface area contributed by atoms with Gasteiger partial charge >= 0.3 is 11.9 Å². The van der Waals surface area contributed by atoms with Crippen molar-refractivity contribution in [3.8, 4) is 0 Å². The van der Waals surface area contributed by atoms with Crippen molar-refractivity contribution in [2.75, 3.05) is 13.2 Å². The normalized spacial score (nSPS) is 22.5. The van der Waals surface area contributed by atoms with Gasteiger partial charge in [-0.15, -0.1) is 0 Å². The third-order valence-electron chi connectivity index (χ3n) is 5.89. The summed E-state index contributed by atoms with van der Waals surface area (Å²) in [5.41, 5.74) is -0.0422. The summed E-state index contributed by atoms with van der Waals surface area (Å²) in [5.74, 6) is -0.213. The topological polar surface area (TPSA) is 52.6 Å². The summed E-state index contributed by atoms with van der Waals surface area (Å²) in [6.07, 6.45) is 10.8. The number of hydrogen-bond acceptors (Lipinski definition) is 4. The minimum absolute atomic E-state index is 0.0422. The van der Waals surface area contributed by atoms with E-state index in [1.807, 2.05) is 13.8 Å². The van der Waals surface area contributed by atoms with Crippen molar-refractivity contribution in [1.82, 2.24) is 0 Å². The molecule has 0 N–H and O–H groups in total. The van der Waals surface area contributed by atoms with E-state index in [1.54, 1.807) is 0 Å². The summed E-state index contributed by atoms with van der Waals surface area (Å²) in [6.45, 7) is 4.38. The van der Waals surface area contributed by atoms with E-state index in [-0.39, 0.29) is 29.7 Å². The van der Waals surface area contributed by atoms with Gasteiger partial charge in [0.05, 0.1) is 25.6 Å². The Hall–Kier alpha value is -1.06. The van der Waals surface area contributed by atoms with Gasteiger partial charge in [0.25, 0.3) is 0 Å². The maximum Gasteiger partial charge on any atom is 0.310 e. The minimum atomic E-state index is -0.327. The van der Waals surface area contributed by atoms with Crippen LogP contribution in [-0.2, 0) is 19.1 Å². The van der Waals surface area contributed by atoms with Gasteiger partial charge in [-0.1, -0.05) is 32.1 Å². The Balaban J connectivity index is 2.23. The van der Waals surface area contributed by atoms with Crippen LogP contribution >= 0.6 is 0 Å². The van der Waals surface area contributed by atoms with Gasteiger partial charge in [-0.2, -0.15) is 0 Å². The molecule has 23 heavy (non-hydrogen) atoms. The van der Waals surface area contributed by atoms with Crippen LogP contribution in [0.2, 0.25) is 0 Å². The Labute approximate surface area is 140 Å². The van der Waals surface area contributed by atoms with E-state index >= 15 is 0 Å². The molecule has 4 heteroatoms. The first-order valence-electron chi connectivity index (χ1n) is 9.46. The third kappa shape index (κ3) is 4.27. The summed E-state index contributed by atoms with van der Waals surface area (Å²) in [7, 11) is 0. The molecule has 0 bridgehead atoms. The van der Waals surface area contributed by atoms with E-state index in [0.29, 0.717) is 19.1 Å². The molecule has 0 heterocycles. The standard InChI is InChI=1S/C19H32O4/c1-3-22-17(20)14-16(18(21)23-4-2)19(12-8-9-13-19)15-10-6-5-7-11-15/h15-16H,3-14H2,1-2H3. The molecule has 0 aromatic carbocycles. The largest absolute Gasteiger partial charge is 0.466 e. The highest BCUT2D eigenvalue weighted by Gasteiger charge is 2.51. The summed E-state index contributed by atoms with van der Waals surface area (Å²) < 4.78 is 10.5. The molecule has 1 atom stereocenters. The Kier molecular flexibility index (Phi) is 6.91. The second kappa shape index (κ2) is 8.70. The van der Waals surface area contributed by atoms with E-state index in [1.165, 1.54) is 32.1 Å². The van der Waals surface area contributed by atoms with Crippen molar-refractivity contribution in [2.24, 2.45) is 17.3 Å². The number of rotatable bonds is 7. The zero-order valence-corrected chi connectivity index (χ0v) is 14.8. The van der Waals surface area contributed by atoms with Crippen LogP contribution in [0.15, 0.2) is 0 Å². The molecule has 0 radical (unpaired) electrons. The first-order chi connectivity index (χ1) is 11.1. The van der Waals surface area contributed by atoms with Gasteiger partial charge in [0.2, 0.25) is 0 Å². The van der Waals surface area contributed by atoms with Crippen LogP contribution in [-0.4, -0.2) is 25.2 Å². The molecule has 0 spiro atoms. The Morgan fingerprint density at radius 1 is 0.957 bits per heavy atom. The van der Waals surface area contributed by atoms with Gasteiger partial charge in [-0.3, -0.25) is 9.59 Å². The van der Waals surface area contributed by atoms with Gasteiger partial charge in [0, 0.05) is 0 Å².